The summed E-state index contributed by atoms with van der Waals surface area (Å²) in [4.78, 5) is 19.8. The SMILES string of the molecule is CC1(C)CCC1.CCC(=O)CC(C)(C)C.CCCC(C)=Nc1ccc(C(C)(C)O)nc1C. The number of aromatic nitrogens is 1. The molecule has 184 valence electrons. The molecule has 0 aromatic carbocycles. The van der Waals surface area contributed by atoms with Crippen molar-refractivity contribution in [2.75, 3.05) is 0 Å². The van der Waals surface area contributed by atoms with Crippen LogP contribution in [0, 0.1) is 17.8 Å². The van der Waals surface area contributed by atoms with Gasteiger partial charge in [0.1, 0.15) is 11.4 Å². The van der Waals surface area contributed by atoms with Crippen LogP contribution in [0.4, 0.5) is 5.69 Å². The van der Waals surface area contributed by atoms with Crippen LogP contribution >= 0.6 is 0 Å². The normalized spacial score (nSPS) is 15.6. The van der Waals surface area contributed by atoms with Gasteiger partial charge in [0.15, 0.2) is 0 Å². The summed E-state index contributed by atoms with van der Waals surface area (Å²) in [6.45, 7) is 22.4. The highest BCUT2D eigenvalue weighted by Gasteiger charge is 2.25. The molecule has 32 heavy (non-hydrogen) atoms. The molecule has 4 heteroatoms. The van der Waals surface area contributed by atoms with Gasteiger partial charge in [-0.2, -0.15) is 0 Å². The number of carbonyl (C=O) groups is 1. The minimum absolute atomic E-state index is 0.174. The number of aliphatic imine (C=N–C) groups is 1. The van der Waals surface area contributed by atoms with E-state index >= 15 is 0 Å². The molecule has 0 saturated heterocycles. The van der Waals surface area contributed by atoms with Crippen molar-refractivity contribution in [1.29, 1.82) is 0 Å². The molecule has 1 aliphatic carbocycles. The van der Waals surface area contributed by atoms with E-state index in [2.05, 4.69) is 51.5 Å². The fourth-order valence-electron chi connectivity index (χ4n) is 3.24. The van der Waals surface area contributed by atoms with Gasteiger partial charge in [0.25, 0.3) is 0 Å². The number of hydrogen-bond acceptors (Lipinski definition) is 4. The maximum Gasteiger partial charge on any atom is 0.133 e. The number of carbonyl (C=O) groups excluding carboxylic acids is 1. The lowest BCUT2D eigenvalue weighted by Crippen LogP contribution is -2.20. The van der Waals surface area contributed by atoms with Gasteiger partial charge in [0.2, 0.25) is 0 Å². The molecule has 0 unspecified atom stereocenters. The third-order valence-corrected chi connectivity index (χ3v) is 5.44. The van der Waals surface area contributed by atoms with Crippen molar-refractivity contribution >= 4 is 17.2 Å². The molecule has 0 aliphatic heterocycles. The number of ketones is 1. The molecule has 0 amide bonds. The van der Waals surface area contributed by atoms with E-state index in [9.17, 15) is 9.90 Å². The lowest BCUT2D eigenvalue weighted by molar-refractivity contribution is -0.120. The summed E-state index contributed by atoms with van der Waals surface area (Å²) in [7, 11) is 0. The molecular formula is C28H50N2O2. The number of hydrogen-bond donors (Lipinski definition) is 1. The standard InChI is InChI=1S/C14H22N2O.C8H16O.C6H12/c1-6-7-10(2)15-12-8-9-13(14(4,5)17)16-11(12)3;1-5-7(9)6-8(2,3)4;1-6(2)4-3-5-6/h8-9,17H,6-7H2,1-5H3;5-6H2,1-4H3;3-5H2,1-2H3. The molecule has 0 atom stereocenters. The molecule has 1 N–H and O–H groups in total. The van der Waals surface area contributed by atoms with Crippen LogP contribution in [0.2, 0.25) is 0 Å². The van der Waals surface area contributed by atoms with Gasteiger partial charge in [0.05, 0.1) is 17.1 Å². The molecule has 2 rings (SSSR count). The predicted molar refractivity (Wildman–Crippen MR) is 139 cm³/mol. The van der Waals surface area contributed by atoms with Gasteiger partial charge < -0.3 is 5.11 Å². The Morgan fingerprint density at radius 1 is 1.12 bits per heavy atom. The first kappa shape index (κ1) is 30.4. The highest BCUT2D eigenvalue weighted by Crippen LogP contribution is 2.38. The number of pyridine rings is 1. The molecule has 1 aromatic rings. The average molecular weight is 447 g/mol. The second kappa shape index (κ2) is 13.2. The quantitative estimate of drug-likeness (QED) is 0.449. The van der Waals surface area contributed by atoms with E-state index in [4.69, 9.17) is 0 Å². The van der Waals surface area contributed by atoms with E-state index in [1.54, 1.807) is 13.8 Å². The molecule has 1 saturated carbocycles. The molecule has 0 radical (unpaired) electrons. The van der Waals surface area contributed by atoms with Gasteiger partial charge in [-0.3, -0.25) is 14.8 Å². The van der Waals surface area contributed by atoms with E-state index in [-0.39, 0.29) is 5.41 Å². The number of nitrogens with zero attached hydrogens (tertiary/aromatic N) is 2. The van der Waals surface area contributed by atoms with E-state index in [0.717, 1.165) is 35.3 Å². The van der Waals surface area contributed by atoms with Crippen molar-refractivity contribution in [2.24, 2.45) is 15.8 Å². The van der Waals surface area contributed by atoms with E-state index in [1.807, 2.05) is 32.9 Å². The minimum atomic E-state index is -0.897. The third-order valence-electron chi connectivity index (χ3n) is 5.44. The maximum absolute atomic E-state index is 10.8. The molecule has 4 nitrogen and oxygen atoms in total. The molecule has 0 bridgehead atoms. The Kier molecular flexibility index (Phi) is 12.6. The van der Waals surface area contributed by atoms with Gasteiger partial charge in [-0.1, -0.05) is 61.3 Å². The van der Waals surface area contributed by atoms with Gasteiger partial charge in [-0.25, -0.2) is 0 Å². The zero-order valence-electron chi connectivity index (χ0n) is 22.9. The van der Waals surface area contributed by atoms with Crippen molar-refractivity contribution in [1.82, 2.24) is 4.98 Å². The molecule has 0 spiro atoms. The van der Waals surface area contributed by atoms with Gasteiger partial charge in [0, 0.05) is 18.6 Å². The van der Waals surface area contributed by atoms with Crippen LogP contribution in [0.15, 0.2) is 17.1 Å². The summed E-state index contributed by atoms with van der Waals surface area (Å²) in [6, 6.07) is 3.76. The zero-order chi connectivity index (χ0) is 25.2. The molecule has 1 fully saturated rings. The molecule has 1 aliphatic rings. The number of aryl methyl sites for hydroxylation is 1. The Hall–Kier alpha value is -1.55. The fraction of sp³-hybridized carbons (Fsp3) is 0.750. The third kappa shape index (κ3) is 13.8. The second-order valence-electron chi connectivity index (χ2n) is 11.6. The van der Waals surface area contributed by atoms with Crippen molar-refractivity contribution < 1.29 is 9.90 Å². The first-order valence-electron chi connectivity index (χ1n) is 12.3. The summed E-state index contributed by atoms with van der Waals surface area (Å²) >= 11 is 0. The summed E-state index contributed by atoms with van der Waals surface area (Å²) in [5, 5.41) is 9.87. The van der Waals surface area contributed by atoms with E-state index < -0.39 is 5.60 Å². The van der Waals surface area contributed by atoms with Crippen molar-refractivity contribution in [3.05, 3.63) is 23.5 Å². The van der Waals surface area contributed by atoms with E-state index in [1.165, 1.54) is 19.3 Å². The van der Waals surface area contributed by atoms with E-state index in [0.29, 0.717) is 24.3 Å². The lowest BCUT2D eigenvalue weighted by Gasteiger charge is -2.33. The van der Waals surface area contributed by atoms with Crippen molar-refractivity contribution in [3.63, 3.8) is 0 Å². The summed E-state index contributed by atoms with van der Waals surface area (Å²) in [5.74, 6) is 0.363. The van der Waals surface area contributed by atoms with Crippen LogP contribution in [-0.4, -0.2) is 21.6 Å². The summed E-state index contributed by atoms with van der Waals surface area (Å²) in [5.41, 5.74) is 3.55. The van der Waals surface area contributed by atoms with Crippen LogP contribution < -0.4 is 0 Å². The number of rotatable bonds is 6. The topological polar surface area (TPSA) is 62.5 Å². The van der Waals surface area contributed by atoms with Crippen molar-refractivity contribution in [2.45, 2.75) is 127 Å². The Morgan fingerprint density at radius 2 is 1.66 bits per heavy atom. The Balaban J connectivity index is 0.000000531. The van der Waals surface area contributed by atoms with Crippen LogP contribution in [0.25, 0.3) is 0 Å². The van der Waals surface area contributed by atoms with Crippen molar-refractivity contribution in [3.8, 4) is 0 Å². The van der Waals surface area contributed by atoms with Crippen LogP contribution in [0.1, 0.15) is 126 Å². The fourth-order valence-corrected chi connectivity index (χ4v) is 3.24. The maximum atomic E-state index is 10.8. The molecular weight excluding hydrogens is 396 g/mol. The smallest absolute Gasteiger partial charge is 0.133 e. The van der Waals surface area contributed by atoms with Crippen LogP contribution in [0.3, 0.4) is 0 Å². The first-order valence-corrected chi connectivity index (χ1v) is 12.3. The highest BCUT2D eigenvalue weighted by atomic mass is 16.3. The molecule has 1 aromatic heterocycles. The average Bonchev–Trinajstić information content (AvgIpc) is 2.61. The lowest BCUT2D eigenvalue weighted by atomic mass is 9.72. The first-order chi connectivity index (χ1) is 14.5. The Labute approximate surface area is 198 Å². The Morgan fingerprint density at radius 3 is 1.94 bits per heavy atom. The van der Waals surface area contributed by atoms with Gasteiger partial charge in [-0.05, 0) is 69.9 Å². The number of Topliss-reactive ketones (excluding diaryl/α,β-unsaturated/α-hetero) is 1. The summed E-state index contributed by atoms with van der Waals surface area (Å²) in [6.07, 6.45) is 7.87. The van der Waals surface area contributed by atoms with Crippen LogP contribution in [-0.2, 0) is 10.4 Å². The van der Waals surface area contributed by atoms with Gasteiger partial charge in [-0.15, -0.1) is 0 Å². The van der Waals surface area contributed by atoms with Gasteiger partial charge >= 0.3 is 0 Å². The highest BCUT2D eigenvalue weighted by molar-refractivity contribution is 5.84. The van der Waals surface area contributed by atoms with Crippen LogP contribution in [0.5, 0.6) is 0 Å². The molecule has 1 heterocycles. The monoisotopic (exact) mass is 446 g/mol. The Bertz CT molecular complexity index is 729. The second-order valence-corrected chi connectivity index (χ2v) is 11.6. The number of aliphatic hydroxyl groups is 1. The zero-order valence-corrected chi connectivity index (χ0v) is 22.9. The summed E-state index contributed by atoms with van der Waals surface area (Å²) < 4.78 is 0. The largest absolute Gasteiger partial charge is 0.384 e. The minimum Gasteiger partial charge on any atom is -0.384 e. The predicted octanol–water partition coefficient (Wildman–Crippen LogP) is 8.11.